The Morgan fingerprint density at radius 2 is 1.59 bits per heavy atom. The molecular weight excluding hydrogens is 360 g/mol. The summed E-state index contributed by atoms with van der Waals surface area (Å²) in [6.07, 6.45) is 13.6. The van der Waals surface area contributed by atoms with Gasteiger partial charge in [0.05, 0.1) is 14.2 Å². The molecule has 0 amide bonds. The van der Waals surface area contributed by atoms with Crippen molar-refractivity contribution in [3.63, 3.8) is 0 Å². The van der Waals surface area contributed by atoms with Gasteiger partial charge in [0.25, 0.3) is 0 Å². The number of hydrogen-bond donors (Lipinski definition) is 0. The Morgan fingerprint density at radius 1 is 1.00 bits per heavy atom. The normalized spacial score (nSPS) is 17.6. The molecule has 0 bridgehead atoms. The third-order valence-corrected chi connectivity index (χ3v) is 17.8. The first kappa shape index (κ1) is 24.7. The molecule has 1 rings (SSSR count). The van der Waals surface area contributed by atoms with E-state index in [9.17, 15) is 0 Å². The molecule has 0 saturated carbocycles. The van der Waals surface area contributed by atoms with Gasteiger partial charge >= 0.3 is 0 Å². The van der Waals surface area contributed by atoms with Crippen LogP contribution in [0.4, 0.5) is 0 Å². The zero-order valence-electron chi connectivity index (χ0n) is 19.2. The van der Waals surface area contributed by atoms with E-state index in [-0.39, 0.29) is 6.10 Å². The van der Waals surface area contributed by atoms with Gasteiger partial charge in [-0.2, -0.15) is 0 Å². The second-order valence-electron chi connectivity index (χ2n) is 8.33. The van der Waals surface area contributed by atoms with Crippen LogP contribution in [0.3, 0.4) is 0 Å². The van der Waals surface area contributed by atoms with E-state index >= 15 is 0 Å². The molecule has 0 aromatic heterocycles. The summed E-state index contributed by atoms with van der Waals surface area (Å²) in [5.41, 5.74) is 1.57. The molecule has 1 aliphatic rings. The topological polar surface area (TPSA) is 9.23 Å². The molecule has 0 aromatic rings. The van der Waals surface area contributed by atoms with E-state index < -0.39 is 16.4 Å². The molecular formula is C24H46OSi2. The molecule has 0 N–H and O–H groups in total. The van der Waals surface area contributed by atoms with E-state index in [2.05, 4.69) is 66.3 Å². The molecule has 0 fully saturated rings. The standard InChI is InChI=1S/C24H46OSi2/c1-8-18-23(26(9-2,10-3)11-4)21-24(22-19-16-15-17-20-22)25-27(12-5,13-6)14-7/h8,19,21,24H,1,9-18,20H2,2-7H3/b23-21+. The average Bonchev–Trinajstić information content (AvgIpc) is 2.73. The fourth-order valence-electron chi connectivity index (χ4n) is 4.84. The average molecular weight is 407 g/mol. The van der Waals surface area contributed by atoms with Crippen LogP contribution in [0.1, 0.15) is 73.6 Å². The molecule has 1 nitrogen and oxygen atoms in total. The van der Waals surface area contributed by atoms with Crippen molar-refractivity contribution in [1.82, 2.24) is 0 Å². The Labute approximate surface area is 172 Å². The Morgan fingerprint density at radius 3 is 2.00 bits per heavy atom. The molecule has 0 heterocycles. The van der Waals surface area contributed by atoms with Gasteiger partial charge in [-0.1, -0.05) is 83.1 Å². The minimum absolute atomic E-state index is 0.225. The second-order valence-corrected chi connectivity index (χ2v) is 18.4. The van der Waals surface area contributed by atoms with E-state index in [4.69, 9.17) is 4.43 Å². The largest absolute Gasteiger partial charge is 0.407 e. The first-order valence-electron chi connectivity index (χ1n) is 11.7. The Bertz CT molecular complexity index is 482. The third kappa shape index (κ3) is 6.30. The summed E-state index contributed by atoms with van der Waals surface area (Å²) in [4.78, 5) is 0. The van der Waals surface area contributed by atoms with Gasteiger partial charge in [0.2, 0.25) is 0 Å². The monoisotopic (exact) mass is 406 g/mol. The molecule has 0 saturated heterocycles. The Balaban J connectivity index is 3.39. The van der Waals surface area contributed by atoms with E-state index in [0.717, 1.165) is 6.42 Å². The SMILES string of the molecule is C=CC/C(=C\C(O[Si](CC)(CC)CC)C1=CCCCC1)[Si](CC)(CC)CC. The molecule has 0 radical (unpaired) electrons. The lowest BCUT2D eigenvalue weighted by Gasteiger charge is -2.37. The highest BCUT2D eigenvalue weighted by Crippen LogP contribution is 2.35. The predicted molar refractivity (Wildman–Crippen MR) is 129 cm³/mol. The minimum atomic E-state index is -1.64. The highest BCUT2D eigenvalue weighted by Gasteiger charge is 2.35. The van der Waals surface area contributed by atoms with Gasteiger partial charge in [-0.3, -0.25) is 0 Å². The maximum absolute atomic E-state index is 7.11. The lowest BCUT2D eigenvalue weighted by Crippen LogP contribution is -2.41. The minimum Gasteiger partial charge on any atom is -0.407 e. The summed E-state index contributed by atoms with van der Waals surface area (Å²) in [6.45, 7) is 18.4. The molecule has 0 spiro atoms. The molecule has 27 heavy (non-hydrogen) atoms. The summed E-state index contributed by atoms with van der Waals surface area (Å²) in [5.74, 6) is 0. The van der Waals surface area contributed by atoms with Crippen LogP contribution in [0.2, 0.25) is 36.3 Å². The summed E-state index contributed by atoms with van der Waals surface area (Å²) in [7, 11) is -3.04. The second kappa shape index (κ2) is 12.2. The third-order valence-electron chi connectivity index (χ3n) is 7.43. The Kier molecular flexibility index (Phi) is 11.2. The van der Waals surface area contributed by atoms with Crippen molar-refractivity contribution in [3.8, 4) is 0 Å². The van der Waals surface area contributed by atoms with Crippen LogP contribution >= 0.6 is 0 Å². The highest BCUT2D eigenvalue weighted by molar-refractivity contribution is 6.86. The van der Waals surface area contributed by atoms with E-state index in [0.29, 0.717) is 0 Å². The quantitative estimate of drug-likeness (QED) is 0.220. The number of hydrogen-bond acceptors (Lipinski definition) is 1. The fourth-order valence-corrected chi connectivity index (χ4v) is 11.5. The summed E-state index contributed by atoms with van der Waals surface area (Å²) < 4.78 is 7.11. The zero-order chi connectivity index (χ0) is 20.3. The first-order valence-corrected chi connectivity index (χ1v) is 16.8. The highest BCUT2D eigenvalue weighted by atomic mass is 28.4. The molecule has 0 aliphatic heterocycles. The van der Waals surface area contributed by atoms with Crippen LogP contribution in [0.15, 0.2) is 35.6 Å². The van der Waals surface area contributed by atoms with E-state index in [1.54, 1.807) is 10.8 Å². The number of rotatable bonds is 13. The summed E-state index contributed by atoms with van der Waals surface area (Å²) in [5, 5.41) is 1.70. The van der Waals surface area contributed by atoms with Crippen LogP contribution < -0.4 is 0 Å². The van der Waals surface area contributed by atoms with Crippen LogP contribution in [0, 0.1) is 0 Å². The van der Waals surface area contributed by atoms with Gasteiger partial charge in [0, 0.05) is 0 Å². The molecule has 156 valence electrons. The zero-order valence-corrected chi connectivity index (χ0v) is 21.2. The first-order chi connectivity index (χ1) is 13.0. The van der Waals surface area contributed by atoms with Gasteiger partial charge < -0.3 is 4.43 Å². The van der Waals surface area contributed by atoms with E-state index in [1.807, 2.05) is 0 Å². The van der Waals surface area contributed by atoms with Crippen LogP contribution in [0.5, 0.6) is 0 Å². The van der Waals surface area contributed by atoms with Crippen molar-refractivity contribution in [3.05, 3.63) is 35.6 Å². The molecule has 1 unspecified atom stereocenters. The maximum Gasteiger partial charge on any atom is 0.193 e. The van der Waals surface area contributed by atoms with Crippen molar-refractivity contribution in [1.29, 1.82) is 0 Å². The fraction of sp³-hybridized carbons (Fsp3) is 0.750. The van der Waals surface area contributed by atoms with Gasteiger partial charge in [-0.05, 0) is 55.8 Å². The Hall–Kier alpha value is -0.386. The van der Waals surface area contributed by atoms with E-state index in [1.165, 1.54) is 61.9 Å². The van der Waals surface area contributed by atoms with Crippen LogP contribution in [-0.4, -0.2) is 22.5 Å². The van der Waals surface area contributed by atoms with Crippen molar-refractivity contribution < 1.29 is 4.43 Å². The maximum atomic E-state index is 7.11. The van der Waals surface area contributed by atoms with Crippen molar-refractivity contribution in [2.75, 3.05) is 0 Å². The van der Waals surface area contributed by atoms with Crippen molar-refractivity contribution >= 4 is 16.4 Å². The molecule has 0 aromatic carbocycles. The lowest BCUT2D eigenvalue weighted by molar-refractivity contribution is 0.258. The number of allylic oxidation sites excluding steroid dienone is 3. The molecule has 1 aliphatic carbocycles. The smallest absolute Gasteiger partial charge is 0.193 e. The van der Waals surface area contributed by atoms with Crippen molar-refractivity contribution in [2.45, 2.75) is 116 Å². The van der Waals surface area contributed by atoms with Crippen LogP contribution in [-0.2, 0) is 4.43 Å². The summed E-state index contributed by atoms with van der Waals surface area (Å²) in [6, 6.07) is 7.70. The molecule has 1 atom stereocenters. The lowest BCUT2D eigenvalue weighted by atomic mass is 9.95. The predicted octanol–water partition coefficient (Wildman–Crippen LogP) is 8.43. The van der Waals surface area contributed by atoms with Gasteiger partial charge in [-0.15, -0.1) is 6.58 Å². The molecule has 3 heteroatoms. The van der Waals surface area contributed by atoms with Crippen LogP contribution in [0.25, 0.3) is 0 Å². The summed E-state index contributed by atoms with van der Waals surface area (Å²) >= 11 is 0. The van der Waals surface area contributed by atoms with Gasteiger partial charge in [0.1, 0.15) is 0 Å². The van der Waals surface area contributed by atoms with Gasteiger partial charge in [-0.25, -0.2) is 0 Å². The van der Waals surface area contributed by atoms with Gasteiger partial charge in [0.15, 0.2) is 8.32 Å². The van der Waals surface area contributed by atoms with Crippen molar-refractivity contribution in [2.24, 2.45) is 0 Å².